The number of ether oxygens (including phenoxy) is 1. The minimum Gasteiger partial charge on any atom is -0.435 e. The van der Waals surface area contributed by atoms with Gasteiger partial charge in [-0.05, 0) is 74.9 Å². The molecule has 0 bridgehead atoms. The van der Waals surface area contributed by atoms with Crippen LogP contribution >= 0.6 is 0 Å². The Balaban J connectivity index is 1.39. The normalized spacial score (nSPS) is 31.3. The van der Waals surface area contributed by atoms with Crippen molar-refractivity contribution in [3.8, 4) is 5.75 Å². The summed E-state index contributed by atoms with van der Waals surface area (Å²) in [6.07, 6.45) is 3.78. The highest BCUT2D eigenvalue weighted by atomic mass is 19.3. The fraction of sp³-hybridized carbons (Fsp3) is 0.650. The van der Waals surface area contributed by atoms with Crippen molar-refractivity contribution in [1.82, 2.24) is 9.80 Å². The summed E-state index contributed by atoms with van der Waals surface area (Å²) in [7, 11) is 0. The van der Waals surface area contributed by atoms with Crippen molar-refractivity contribution in [3.63, 3.8) is 0 Å². The van der Waals surface area contributed by atoms with Crippen LogP contribution in [0.1, 0.15) is 36.0 Å². The van der Waals surface area contributed by atoms with E-state index in [9.17, 15) is 18.7 Å². The molecule has 1 N–H and O–H groups in total. The summed E-state index contributed by atoms with van der Waals surface area (Å²) in [5, 5.41) is 10.6. The number of aliphatic hydroxyl groups is 1. The topological polar surface area (TPSA) is 53.0 Å². The highest BCUT2D eigenvalue weighted by molar-refractivity contribution is 5.94. The lowest BCUT2D eigenvalue weighted by Gasteiger charge is -2.40. The maximum atomic E-state index is 12.8. The lowest BCUT2D eigenvalue weighted by atomic mass is 9.77. The third kappa shape index (κ3) is 3.94. The molecule has 1 aliphatic carbocycles. The molecule has 4 atom stereocenters. The number of carbonyl (C=O) groups excluding carboxylic acids is 1. The van der Waals surface area contributed by atoms with Gasteiger partial charge in [0.05, 0.1) is 6.10 Å². The van der Waals surface area contributed by atoms with Crippen LogP contribution in [-0.4, -0.2) is 65.7 Å². The van der Waals surface area contributed by atoms with Gasteiger partial charge in [0, 0.05) is 24.7 Å². The van der Waals surface area contributed by atoms with Crippen molar-refractivity contribution in [3.05, 3.63) is 29.8 Å². The van der Waals surface area contributed by atoms with E-state index >= 15 is 0 Å². The van der Waals surface area contributed by atoms with Gasteiger partial charge in [-0.1, -0.05) is 0 Å². The molecule has 7 heteroatoms. The van der Waals surface area contributed by atoms with Crippen molar-refractivity contribution in [2.24, 2.45) is 11.8 Å². The van der Waals surface area contributed by atoms with Crippen LogP contribution in [-0.2, 0) is 0 Å². The Morgan fingerprint density at radius 1 is 1.07 bits per heavy atom. The maximum Gasteiger partial charge on any atom is 0.387 e. The number of fused-ring (bicyclic) bond motifs is 1. The van der Waals surface area contributed by atoms with Crippen LogP contribution in [0.25, 0.3) is 0 Å². The Kier molecular flexibility index (Phi) is 5.32. The Labute approximate surface area is 157 Å². The molecule has 0 aromatic heterocycles. The zero-order valence-corrected chi connectivity index (χ0v) is 15.3. The number of hydrogen-bond acceptors (Lipinski definition) is 4. The van der Waals surface area contributed by atoms with Gasteiger partial charge in [0.15, 0.2) is 0 Å². The summed E-state index contributed by atoms with van der Waals surface area (Å²) in [6.45, 7) is 0.616. The predicted molar refractivity (Wildman–Crippen MR) is 95.8 cm³/mol. The zero-order valence-electron chi connectivity index (χ0n) is 15.3. The summed E-state index contributed by atoms with van der Waals surface area (Å²) in [4.78, 5) is 17.1. The van der Waals surface area contributed by atoms with E-state index in [0.717, 1.165) is 25.9 Å². The molecule has 2 saturated heterocycles. The van der Waals surface area contributed by atoms with Crippen LogP contribution in [0.4, 0.5) is 8.78 Å². The van der Waals surface area contributed by atoms with E-state index in [1.54, 1.807) is 0 Å². The van der Waals surface area contributed by atoms with E-state index < -0.39 is 6.61 Å². The van der Waals surface area contributed by atoms with Gasteiger partial charge in [-0.15, -0.1) is 0 Å². The zero-order chi connectivity index (χ0) is 19.0. The Hall–Kier alpha value is -1.73. The Morgan fingerprint density at radius 3 is 2.33 bits per heavy atom. The first-order valence-corrected chi connectivity index (χ1v) is 9.77. The van der Waals surface area contributed by atoms with Gasteiger partial charge in [-0.3, -0.25) is 9.69 Å². The first-order valence-electron chi connectivity index (χ1n) is 9.77. The van der Waals surface area contributed by atoms with Crippen molar-refractivity contribution < 1.29 is 23.4 Å². The fourth-order valence-corrected chi connectivity index (χ4v) is 5.00. The molecule has 1 aromatic rings. The second kappa shape index (κ2) is 7.72. The van der Waals surface area contributed by atoms with Crippen LogP contribution in [0.15, 0.2) is 24.3 Å². The smallest absolute Gasteiger partial charge is 0.387 e. The van der Waals surface area contributed by atoms with Crippen molar-refractivity contribution in [2.45, 2.75) is 44.4 Å². The quantitative estimate of drug-likeness (QED) is 0.873. The number of nitrogens with zero attached hydrogens (tertiary/aromatic N) is 2. The lowest BCUT2D eigenvalue weighted by Crippen LogP contribution is -2.48. The first kappa shape index (κ1) is 18.6. The van der Waals surface area contributed by atoms with E-state index in [-0.39, 0.29) is 23.8 Å². The van der Waals surface area contributed by atoms with Crippen LogP contribution < -0.4 is 4.74 Å². The summed E-state index contributed by atoms with van der Waals surface area (Å²) in [5.74, 6) is 0.724. The van der Waals surface area contributed by atoms with Gasteiger partial charge < -0.3 is 14.7 Å². The van der Waals surface area contributed by atoms with Gasteiger partial charge in [-0.2, -0.15) is 8.78 Å². The number of likely N-dealkylation sites (tertiary alicyclic amines) is 2. The molecular formula is C20H26F2N2O3. The average molecular weight is 380 g/mol. The van der Waals surface area contributed by atoms with E-state index in [2.05, 4.69) is 9.64 Å². The summed E-state index contributed by atoms with van der Waals surface area (Å²) in [6, 6.07) is 6.08. The van der Waals surface area contributed by atoms with Gasteiger partial charge in [0.2, 0.25) is 0 Å². The third-order valence-electron chi connectivity index (χ3n) is 6.33. The first-order chi connectivity index (χ1) is 13.0. The van der Waals surface area contributed by atoms with Gasteiger partial charge >= 0.3 is 6.61 Å². The molecule has 5 nitrogen and oxygen atoms in total. The van der Waals surface area contributed by atoms with Crippen LogP contribution in [0.5, 0.6) is 5.75 Å². The van der Waals surface area contributed by atoms with Gasteiger partial charge in [0.1, 0.15) is 5.75 Å². The molecule has 27 heavy (non-hydrogen) atoms. The molecule has 0 unspecified atom stereocenters. The Bertz CT molecular complexity index is 664. The van der Waals surface area contributed by atoms with Crippen molar-refractivity contribution in [2.75, 3.05) is 26.2 Å². The second-order valence-electron chi connectivity index (χ2n) is 7.98. The number of halogens is 2. The molecular weight excluding hydrogens is 354 g/mol. The maximum absolute atomic E-state index is 12.8. The molecule has 3 aliphatic rings. The van der Waals surface area contributed by atoms with E-state index in [4.69, 9.17) is 0 Å². The molecule has 3 fully saturated rings. The standard InChI is InChI=1S/C20H26F2N2O3/c21-20(22)27-16-5-3-13(4-6-16)19(26)24-11-14-9-17(23-7-1-2-8-23)18(25)10-15(14)12-24/h3-6,14-15,17-18,20,25H,1-2,7-12H2/t14-,15+,17-,18-/m1/s1. The Morgan fingerprint density at radius 2 is 1.70 bits per heavy atom. The average Bonchev–Trinajstić information content (AvgIpc) is 3.30. The highest BCUT2D eigenvalue weighted by Crippen LogP contribution is 2.39. The predicted octanol–water partition coefficient (Wildman–Crippen LogP) is 2.60. The molecule has 1 saturated carbocycles. The fourth-order valence-electron chi connectivity index (χ4n) is 5.00. The van der Waals surface area contributed by atoms with Gasteiger partial charge in [0.25, 0.3) is 5.91 Å². The van der Waals surface area contributed by atoms with Crippen molar-refractivity contribution >= 4 is 5.91 Å². The molecule has 1 amide bonds. The summed E-state index contributed by atoms with van der Waals surface area (Å²) < 4.78 is 28.8. The van der Waals surface area contributed by atoms with Crippen LogP contribution in [0.2, 0.25) is 0 Å². The number of rotatable bonds is 4. The summed E-state index contributed by atoms with van der Waals surface area (Å²) in [5.41, 5.74) is 0.479. The van der Waals surface area contributed by atoms with Crippen LogP contribution in [0, 0.1) is 11.8 Å². The number of carbonyl (C=O) groups is 1. The third-order valence-corrected chi connectivity index (χ3v) is 6.33. The number of alkyl halides is 2. The largest absolute Gasteiger partial charge is 0.435 e. The van der Waals surface area contributed by atoms with E-state index in [1.807, 2.05) is 4.90 Å². The molecule has 0 radical (unpaired) electrons. The van der Waals surface area contributed by atoms with E-state index in [1.165, 1.54) is 37.1 Å². The monoisotopic (exact) mass is 380 g/mol. The van der Waals surface area contributed by atoms with Gasteiger partial charge in [-0.25, -0.2) is 0 Å². The highest BCUT2D eigenvalue weighted by Gasteiger charge is 2.44. The van der Waals surface area contributed by atoms with Crippen molar-refractivity contribution in [1.29, 1.82) is 0 Å². The molecule has 4 rings (SSSR count). The molecule has 2 aliphatic heterocycles. The minimum absolute atomic E-state index is 0.0493. The molecule has 2 heterocycles. The summed E-state index contributed by atoms with van der Waals surface area (Å²) >= 11 is 0. The number of hydrogen-bond donors (Lipinski definition) is 1. The minimum atomic E-state index is -2.87. The SMILES string of the molecule is O=C(c1ccc(OC(F)F)cc1)N1C[C@H]2C[C@@H](N3CCCC3)[C@H](O)C[C@H]2C1. The second-order valence-corrected chi connectivity index (χ2v) is 7.98. The lowest BCUT2D eigenvalue weighted by molar-refractivity contribution is -0.0498. The van der Waals surface area contributed by atoms with E-state index in [0.29, 0.717) is 30.5 Å². The number of aliphatic hydroxyl groups excluding tert-OH is 1. The number of amides is 1. The molecule has 1 aromatic carbocycles. The number of benzene rings is 1. The molecule has 148 valence electrons. The molecule has 0 spiro atoms. The van der Waals surface area contributed by atoms with Crippen LogP contribution in [0.3, 0.4) is 0 Å².